The van der Waals surface area contributed by atoms with Gasteiger partial charge in [-0.2, -0.15) is 0 Å². The van der Waals surface area contributed by atoms with Crippen molar-refractivity contribution in [2.45, 2.75) is 26.0 Å². The van der Waals surface area contributed by atoms with E-state index in [0.717, 1.165) is 36.5 Å². The summed E-state index contributed by atoms with van der Waals surface area (Å²) in [6.45, 7) is 3.67. The SMILES string of the molecule is CCC1CN(Cc2ccc(F)cc2)c2ccc(N)cc2O1. The van der Waals surface area contributed by atoms with Crippen molar-refractivity contribution in [3.8, 4) is 5.75 Å². The summed E-state index contributed by atoms with van der Waals surface area (Å²) in [6.07, 6.45) is 1.09. The van der Waals surface area contributed by atoms with Crippen LogP contribution in [0.4, 0.5) is 15.8 Å². The molecule has 1 unspecified atom stereocenters. The van der Waals surface area contributed by atoms with Gasteiger partial charge in [-0.25, -0.2) is 4.39 Å². The van der Waals surface area contributed by atoms with E-state index in [4.69, 9.17) is 10.5 Å². The van der Waals surface area contributed by atoms with Crippen LogP contribution in [0.15, 0.2) is 42.5 Å². The Bertz CT molecular complexity index is 627. The molecule has 0 saturated carbocycles. The Morgan fingerprint density at radius 3 is 2.71 bits per heavy atom. The van der Waals surface area contributed by atoms with Crippen LogP contribution in [0, 0.1) is 5.82 Å². The maximum absolute atomic E-state index is 13.0. The third-order valence-corrected chi connectivity index (χ3v) is 3.78. The minimum Gasteiger partial charge on any atom is -0.486 e. The quantitative estimate of drug-likeness (QED) is 0.876. The molecule has 1 aliphatic heterocycles. The van der Waals surface area contributed by atoms with Crippen LogP contribution in [0.25, 0.3) is 0 Å². The number of nitrogen functional groups attached to an aromatic ring is 1. The second-order valence-corrected chi connectivity index (χ2v) is 5.38. The molecule has 0 radical (unpaired) electrons. The van der Waals surface area contributed by atoms with E-state index < -0.39 is 0 Å². The fraction of sp³-hybridized carbons (Fsp3) is 0.294. The van der Waals surface area contributed by atoms with E-state index in [1.165, 1.54) is 12.1 Å². The van der Waals surface area contributed by atoms with Crippen molar-refractivity contribution in [3.63, 3.8) is 0 Å². The Morgan fingerprint density at radius 1 is 1.24 bits per heavy atom. The van der Waals surface area contributed by atoms with Crippen molar-refractivity contribution in [3.05, 3.63) is 53.8 Å². The Morgan fingerprint density at radius 2 is 2.00 bits per heavy atom. The smallest absolute Gasteiger partial charge is 0.145 e. The zero-order valence-corrected chi connectivity index (χ0v) is 12.1. The first-order valence-electron chi connectivity index (χ1n) is 7.21. The van der Waals surface area contributed by atoms with Crippen LogP contribution < -0.4 is 15.4 Å². The van der Waals surface area contributed by atoms with Crippen LogP contribution in [-0.4, -0.2) is 12.6 Å². The molecule has 4 heteroatoms. The summed E-state index contributed by atoms with van der Waals surface area (Å²) in [4.78, 5) is 2.26. The van der Waals surface area contributed by atoms with Crippen molar-refractivity contribution in [1.29, 1.82) is 0 Å². The summed E-state index contributed by atoms with van der Waals surface area (Å²) in [7, 11) is 0. The lowest BCUT2D eigenvalue weighted by atomic mass is 10.1. The number of hydrogen-bond donors (Lipinski definition) is 1. The van der Waals surface area contributed by atoms with Crippen molar-refractivity contribution >= 4 is 11.4 Å². The van der Waals surface area contributed by atoms with Gasteiger partial charge in [0.1, 0.15) is 17.7 Å². The number of anilines is 2. The average molecular weight is 286 g/mol. The van der Waals surface area contributed by atoms with Crippen LogP contribution in [0.1, 0.15) is 18.9 Å². The second-order valence-electron chi connectivity index (χ2n) is 5.38. The Labute approximate surface area is 124 Å². The highest BCUT2D eigenvalue weighted by atomic mass is 19.1. The number of benzene rings is 2. The molecular formula is C17H19FN2O. The Hall–Kier alpha value is -2.23. The fourth-order valence-corrected chi connectivity index (χ4v) is 2.62. The highest BCUT2D eigenvalue weighted by molar-refractivity contribution is 5.65. The molecule has 1 atom stereocenters. The van der Waals surface area contributed by atoms with Gasteiger partial charge in [0.05, 0.1) is 12.2 Å². The van der Waals surface area contributed by atoms with Gasteiger partial charge in [-0.15, -0.1) is 0 Å². The first kappa shape index (κ1) is 13.7. The standard InChI is InChI=1S/C17H19FN2O/c1-2-15-11-20(10-12-3-5-13(18)6-4-12)16-8-7-14(19)9-17(16)21-15/h3-9,15H,2,10-11,19H2,1H3. The molecule has 21 heavy (non-hydrogen) atoms. The van der Waals surface area contributed by atoms with E-state index in [1.54, 1.807) is 0 Å². The summed E-state index contributed by atoms with van der Waals surface area (Å²) in [5, 5.41) is 0. The molecule has 2 aromatic carbocycles. The molecule has 0 fully saturated rings. The molecule has 0 aromatic heterocycles. The fourth-order valence-electron chi connectivity index (χ4n) is 2.62. The first-order chi connectivity index (χ1) is 10.2. The minimum absolute atomic E-state index is 0.153. The maximum atomic E-state index is 13.0. The number of ether oxygens (including phenoxy) is 1. The highest BCUT2D eigenvalue weighted by Crippen LogP contribution is 2.36. The van der Waals surface area contributed by atoms with E-state index in [9.17, 15) is 4.39 Å². The predicted molar refractivity (Wildman–Crippen MR) is 83.0 cm³/mol. The number of nitrogens with zero attached hydrogens (tertiary/aromatic N) is 1. The van der Waals surface area contributed by atoms with E-state index in [1.807, 2.05) is 30.3 Å². The van der Waals surface area contributed by atoms with Crippen LogP contribution in [0.2, 0.25) is 0 Å². The van der Waals surface area contributed by atoms with Gasteiger partial charge in [0.25, 0.3) is 0 Å². The molecule has 3 nitrogen and oxygen atoms in total. The van der Waals surface area contributed by atoms with Gasteiger partial charge in [0, 0.05) is 18.3 Å². The van der Waals surface area contributed by atoms with Crippen LogP contribution >= 0.6 is 0 Å². The highest BCUT2D eigenvalue weighted by Gasteiger charge is 2.24. The molecule has 0 amide bonds. The molecule has 2 N–H and O–H groups in total. The average Bonchev–Trinajstić information content (AvgIpc) is 2.49. The number of nitrogens with two attached hydrogens (primary N) is 1. The second kappa shape index (κ2) is 5.64. The zero-order valence-electron chi connectivity index (χ0n) is 12.1. The molecule has 0 bridgehead atoms. The number of fused-ring (bicyclic) bond motifs is 1. The van der Waals surface area contributed by atoms with Crippen molar-refractivity contribution < 1.29 is 9.13 Å². The molecule has 1 aliphatic rings. The van der Waals surface area contributed by atoms with Crippen LogP contribution in [-0.2, 0) is 6.54 Å². The van der Waals surface area contributed by atoms with Gasteiger partial charge in [0.2, 0.25) is 0 Å². The number of halogens is 1. The van der Waals surface area contributed by atoms with Crippen LogP contribution in [0.3, 0.4) is 0 Å². The molecule has 3 rings (SSSR count). The van der Waals surface area contributed by atoms with Gasteiger partial charge in [0.15, 0.2) is 0 Å². The first-order valence-corrected chi connectivity index (χ1v) is 7.21. The normalized spacial score (nSPS) is 17.2. The van der Waals surface area contributed by atoms with Gasteiger partial charge >= 0.3 is 0 Å². The van der Waals surface area contributed by atoms with Crippen molar-refractivity contribution in [1.82, 2.24) is 0 Å². The van der Waals surface area contributed by atoms with Crippen molar-refractivity contribution in [2.24, 2.45) is 0 Å². The third kappa shape index (κ3) is 2.94. The molecule has 0 spiro atoms. The summed E-state index contributed by atoms with van der Waals surface area (Å²) in [5.74, 6) is 0.621. The molecule has 0 aliphatic carbocycles. The Kier molecular flexibility index (Phi) is 3.69. The van der Waals surface area contributed by atoms with E-state index in [2.05, 4.69) is 11.8 Å². The van der Waals surface area contributed by atoms with Gasteiger partial charge in [-0.05, 0) is 36.2 Å². The molecule has 1 heterocycles. The van der Waals surface area contributed by atoms with Gasteiger partial charge in [-0.3, -0.25) is 0 Å². The summed E-state index contributed by atoms with van der Waals surface area (Å²) in [6, 6.07) is 12.4. The largest absolute Gasteiger partial charge is 0.486 e. The molecule has 0 saturated heterocycles. The lowest BCUT2D eigenvalue weighted by Gasteiger charge is -2.36. The van der Waals surface area contributed by atoms with E-state index in [-0.39, 0.29) is 11.9 Å². The molecule has 110 valence electrons. The topological polar surface area (TPSA) is 38.5 Å². The number of rotatable bonds is 3. The molecular weight excluding hydrogens is 267 g/mol. The van der Waals surface area contributed by atoms with Gasteiger partial charge in [-0.1, -0.05) is 19.1 Å². The van der Waals surface area contributed by atoms with Crippen molar-refractivity contribution in [2.75, 3.05) is 17.2 Å². The zero-order chi connectivity index (χ0) is 14.8. The van der Waals surface area contributed by atoms with Gasteiger partial charge < -0.3 is 15.4 Å². The van der Waals surface area contributed by atoms with E-state index in [0.29, 0.717) is 5.69 Å². The summed E-state index contributed by atoms with van der Waals surface area (Å²) < 4.78 is 19.0. The lowest BCUT2D eigenvalue weighted by molar-refractivity contribution is 0.189. The summed E-state index contributed by atoms with van der Waals surface area (Å²) in [5.41, 5.74) is 8.66. The van der Waals surface area contributed by atoms with Crippen LogP contribution in [0.5, 0.6) is 5.75 Å². The maximum Gasteiger partial charge on any atom is 0.145 e. The Balaban J connectivity index is 1.89. The third-order valence-electron chi connectivity index (χ3n) is 3.78. The lowest BCUT2D eigenvalue weighted by Crippen LogP contribution is -2.39. The number of hydrogen-bond acceptors (Lipinski definition) is 3. The molecule has 2 aromatic rings. The summed E-state index contributed by atoms with van der Waals surface area (Å²) >= 11 is 0. The minimum atomic E-state index is -0.208. The van der Waals surface area contributed by atoms with E-state index >= 15 is 0 Å². The predicted octanol–water partition coefficient (Wildman–Crippen LogP) is 3.59. The monoisotopic (exact) mass is 286 g/mol.